The van der Waals surface area contributed by atoms with Crippen LogP contribution < -0.4 is 37.1 Å². The van der Waals surface area contributed by atoms with E-state index < -0.39 is 15.8 Å². The quantitative estimate of drug-likeness (QED) is 0.162. The second kappa shape index (κ2) is 18.0. The molecule has 1 unspecified atom stereocenters. The summed E-state index contributed by atoms with van der Waals surface area (Å²) in [5.74, 6) is 0. The molecular weight excluding hydrogens is 597 g/mol. The van der Waals surface area contributed by atoms with Gasteiger partial charge >= 0.3 is 0 Å². The highest BCUT2D eigenvalue weighted by molar-refractivity contribution is 7.80. The first-order valence-corrected chi connectivity index (χ1v) is 18.3. The first-order valence-electron chi connectivity index (χ1n) is 15.0. The molecule has 0 N–H and O–H groups in total. The number of hydrogen-bond acceptors (Lipinski definition) is 0. The maximum Gasteiger partial charge on any atom is -0.0134 e. The summed E-state index contributed by atoms with van der Waals surface area (Å²) >= 11 is 0. The number of rotatable bonds is 6. The van der Waals surface area contributed by atoms with Gasteiger partial charge in [-0.1, -0.05) is 212 Å². The SMILES string of the molecule is Pc1ccccc1.c1ccc(P(c2ccccc2)c2ccccc2)cc1.c1ccc(P(c2ccccc2)c2ccccc2)cc1. The fourth-order valence-corrected chi connectivity index (χ4v) is 9.64. The Hall–Kier alpha value is -4.17. The van der Waals surface area contributed by atoms with Crippen LogP contribution in [-0.4, -0.2) is 0 Å². The van der Waals surface area contributed by atoms with Crippen LogP contribution in [0.15, 0.2) is 212 Å². The molecule has 0 fully saturated rings. The van der Waals surface area contributed by atoms with Crippen LogP contribution in [-0.2, 0) is 0 Å². The van der Waals surface area contributed by atoms with E-state index in [1.165, 1.54) is 37.1 Å². The second-order valence-corrected chi connectivity index (χ2v) is 15.2. The van der Waals surface area contributed by atoms with E-state index in [9.17, 15) is 0 Å². The van der Waals surface area contributed by atoms with Gasteiger partial charge in [0.1, 0.15) is 0 Å². The minimum absolute atomic E-state index is 0.446. The summed E-state index contributed by atoms with van der Waals surface area (Å²) in [6, 6.07) is 74.8. The van der Waals surface area contributed by atoms with Crippen molar-refractivity contribution in [2.24, 2.45) is 0 Å². The van der Waals surface area contributed by atoms with Crippen LogP contribution in [0.4, 0.5) is 0 Å². The molecule has 0 heterocycles. The van der Waals surface area contributed by atoms with Crippen LogP contribution in [0.3, 0.4) is 0 Å². The van der Waals surface area contributed by atoms with Crippen LogP contribution in [0.2, 0.25) is 0 Å². The Bertz CT molecular complexity index is 1460. The van der Waals surface area contributed by atoms with Gasteiger partial charge in [-0.3, -0.25) is 0 Å². The van der Waals surface area contributed by atoms with Gasteiger partial charge in [0.25, 0.3) is 0 Å². The Morgan fingerprint density at radius 1 is 0.222 bits per heavy atom. The van der Waals surface area contributed by atoms with Gasteiger partial charge < -0.3 is 0 Å². The lowest BCUT2D eigenvalue weighted by molar-refractivity contribution is 1.74. The normalized spacial score (nSPS) is 10.3. The molecule has 0 spiro atoms. The lowest BCUT2D eigenvalue weighted by Gasteiger charge is -2.18. The van der Waals surface area contributed by atoms with Gasteiger partial charge in [-0.2, -0.15) is 0 Å². The summed E-state index contributed by atoms with van der Waals surface area (Å²) in [5.41, 5.74) is 0. The standard InChI is InChI=1S/2C18H15P.C6H7P/c2*1-4-10-16(11-5-1)19(17-12-6-2-7-13-17)18-14-8-3-9-15-18;7-6-4-2-1-3-5-6/h2*1-15H;1-5H,7H2. The summed E-state index contributed by atoms with van der Waals surface area (Å²) in [5, 5.41) is 9.63. The predicted octanol–water partition coefficient (Wildman–Crippen LogP) is 8.08. The monoisotopic (exact) mass is 634 g/mol. The first kappa shape index (κ1) is 32.2. The molecule has 220 valence electrons. The Balaban J connectivity index is 0.000000147. The molecule has 7 aromatic carbocycles. The highest BCUT2D eigenvalue weighted by atomic mass is 31.1. The van der Waals surface area contributed by atoms with Crippen molar-refractivity contribution < 1.29 is 0 Å². The zero-order valence-corrected chi connectivity index (χ0v) is 28.1. The zero-order chi connectivity index (χ0) is 30.9. The maximum absolute atomic E-state index is 2.63. The molecule has 0 aliphatic carbocycles. The van der Waals surface area contributed by atoms with Crippen molar-refractivity contribution in [1.82, 2.24) is 0 Å². The van der Waals surface area contributed by atoms with Crippen molar-refractivity contribution in [2.45, 2.75) is 0 Å². The van der Waals surface area contributed by atoms with Gasteiger partial charge in [-0.15, -0.1) is 9.24 Å². The summed E-state index contributed by atoms with van der Waals surface area (Å²) in [6.45, 7) is 0. The van der Waals surface area contributed by atoms with E-state index in [4.69, 9.17) is 0 Å². The third-order valence-electron chi connectivity index (χ3n) is 6.89. The zero-order valence-electron chi connectivity index (χ0n) is 25.2. The average molecular weight is 635 g/mol. The minimum Gasteiger partial charge on any atom is -0.106 e. The van der Waals surface area contributed by atoms with Crippen LogP contribution in [0.5, 0.6) is 0 Å². The molecule has 0 aliphatic rings. The fraction of sp³-hybridized carbons (Fsp3) is 0. The van der Waals surface area contributed by atoms with Gasteiger partial charge in [-0.25, -0.2) is 0 Å². The van der Waals surface area contributed by atoms with Crippen LogP contribution >= 0.6 is 25.1 Å². The molecule has 7 aromatic rings. The maximum atomic E-state index is 2.63. The molecule has 0 saturated carbocycles. The summed E-state index contributed by atoms with van der Waals surface area (Å²) in [6.07, 6.45) is 0. The van der Waals surface area contributed by atoms with E-state index in [1.54, 1.807) is 0 Å². The van der Waals surface area contributed by atoms with Gasteiger partial charge in [-0.05, 0) is 53.0 Å². The molecule has 0 nitrogen and oxygen atoms in total. The summed E-state index contributed by atoms with van der Waals surface area (Å²) in [7, 11) is 1.74. The molecule has 1 atom stereocenters. The summed E-state index contributed by atoms with van der Waals surface area (Å²) in [4.78, 5) is 0. The summed E-state index contributed by atoms with van der Waals surface area (Å²) < 4.78 is 0. The van der Waals surface area contributed by atoms with E-state index >= 15 is 0 Å². The smallest absolute Gasteiger partial charge is 0.0134 e. The number of hydrogen-bond donors (Lipinski definition) is 0. The van der Waals surface area contributed by atoms with E-state index in [-0.39, 0.29) is 0 Å². The lowest BCUT2D eigenvalue weighted by atomic mass is 10.4. The van der Waals surface area contributed by atoms with Crippen LogP contribution in [0, 0.1) is 0 Å². The van der Waals surface area contributed by atoms with E-state index in [2.05, 4.69) is 191 Å². The van der Waals surface area contributed by atoms with E-state index in [1.807, 2.05) is 30.3 Å². The molecule has 0 amide bonds. The van der Waals surface area contributed by atoms with E-state index in [0.29, 0.717) is 0 Å². The van der Waals surface area contributed by atoms with Crippen molar-refractivity contribution in [3.8, 4) is 0 Å². The fourth-order valence-electron chi connectivity index (χ4n) is 4.81. The molecule has 7 rings (SSSR count). The molecule has 0 aliphatic heterocycles. The van der Waals surface area contributed by atoms with Gasteiger partial charge in [0.05, 0.1) is 0 Å². The molecule has 0 saturated heterocycles. The topological polar surface area (TPSA) is 0 Å². The van der Waals surface area contributed by atoms with E-state index in [0.717, 1.165) is 0 Å². The van der Waals surface area contributed by atoms with Crippen molar-refractivity contribution in [1.29, 1.82) is 0 Å². The molecule has 45 heavy (non-hydrogen) atoms. The van der Waals surface area contributed by atoms with Gasteiger partial charge in [0.15, 0.2) is 0 Å². The van der Waals surface area contributed by atoms with Gasteiger partial charge in [0.2, 0.25) is 0 Å². The lowest BCUT2D eigenvalue weighted by Crippen LogP contribution is -2.20. The number of benzene rings is 7. The molecule has 0 bridgehead atoms. The van der Waals surface area contributed by atoms with Crippen molar-refractivity contribution in [3.63, 3.8) is 0 Å². The molecule has 3 heteroatoms. The Labute approximate surface area is 273 Å². The highest BCUT2D eigenvalue weighted by Crippen LogP contribution is 2.33. The van der Waals surface area contributed by atoms with Gasteiger partial charge in [0, 0.05) is 0 Å². The van der Waals surface area contributed by atoms with Crippen LogP contribution in [0.25, 0.3) is 0 Å². The average Bonchev–Trinajstić information content (AvgIpc) is 3.12. The second-order valence-electron chi connectivity index (χ2n) is 10.1. The van der Waals surface area contributed by atoms with Crippen molar-refractivity contribution in [2.75, 3.05) is 0 Å². The first-order chi connectivity index (χ1) is 22.3. The largest absolute Gasteiger partial charge is 0.106 e. The third-order valence-corrected chi connectivity index (χ3v) is 12.2. The van der Waals surface area contributed by atoms with Crippen molar-refractivity contribution >= 4 is 62.2 Å². The Kier molecular flexibility index (Phi) is 12.9. The molecule has 0 radical (unpaired) electrons. The Morgan fingerprint density at radius 2 is 0.378 bits per heavy atom. The highest BCUT2D eigenvalue weighted by Gasteiger charge is 2.16. The Morgan fingerprint density at radius 3 is 0.511 bits per heavy atom. The molecular formula is C42H37P3. The van der Waals surface area contributed by atoms with Crippen molar-refractivity contribution in [3.05, 3.63) is 212 Å². The molecule has 0 aromatic heterocycles. The minimum atomic E-state index is -0.446. The predicted molar refractivity (Wildman–Crippen MR) is 206 cm³/mol. The van der Waals surface area contributed by atoms with Crippen LogP contribution in [0.1, 0.15) is 0 Å². The third kappa shape index (κ3) is 9.91.